The molecule has 0 bridgehead atoms. The van der Waals surface area contributed by atoms with Crippen LogP contribution in [0.3, 0.4) is 0 Å². The first kappa shape index (κ1) is 31.9. The van der Waals surface area contributed by atoms with Crippen LogP contribution in [0, 0.1) is 0 Å². The fraction of sp³-hybridized carbons (Fsp3) is 0.0370. The monoisotopic (exact) mass is 725 g/mol. The molecular weight excluding hydrogens is 691 g/mol. The van der Waals surface area contributed by atoms with Crippen LogP contribution in [0.4, 0.5) is 5.69 Å². The van der Waals surface area contributed by atoms with Crippen molar-refractivity contribution >= 4 is 86.9 Å². The molecule has 12 rings (SSSR count). The van der Waals surface area contributed by atoms with Crippen molar-refractivity contribution < 1.29 is 0 Å². The highest BCUT2D eigenvalue weighted by molar-refractivity contribution is 6.31. The highest BCUT2D eigenvalue weighted by Gasteiger charge is 2.21. The van der Waals surface area contributed by atoms with Gasteiger partial charge in [-0.05, 0) is 101 Å². The Hall–Kier alpha value is -7.36. The molecule has 2 aromatic heterocycles. The van der Waals surface area contributed by atoms with Gasteiger partial charge in [0.05, 0.1) is 22.4 Å². The van der Waals surface area contributed by atoms with Crippen molar-refractivity contribution in [2.45, 2.75) is 12.8 Å². The molecule has 11 aromatic rings. The Morgan fingerprint density at radius 3 is 1.91 bits per heavy atom. The van der Waals surface area contributed by atoms with E-state index in [0.29, 0.717) is 5.69 Å². The van der Waals surface area contributed by atoms with Crippen LogP contribution in [-0.2, 0) is 12.8 Å². The summed E-state index contributed by atoms with van der Waals surface area (Å²) in [6.07, 6.45) is 3.81. The first-order valence-corrected chi connectivity index (χ1v) is 19.7. The predicted molar refractivity (Wildman–Crippen MR) is 242 cm³/mol. The second-order valence-corrected chi connectivity index (χ2v) is 15.5. The molecule has 266 valence electrons. The van der Waals surface area contributed by atoms with Gasteiger partial charge >= 0.3 is 0 Å². The van der Waals surface area contributed by atoms with Crippen LogP contribution in [0.15, 0.2) is 171 Å². The highest BCUT2D eigenvalue weighted by Crippen LogP contribution is 2.44. The van der Waals surface area contributed by atoms with Gasteiger partial charge in [-0.15, -0.1) is 0 Å². The average molecular weight is 726 g/mol. The third-order valence-electron chi connectivity index (χ3n) is 12.5. The van der Waals surface area contributed by atoms with Crippen molar-refractivity contribution in [1.29, 1.82) is 0 Å². The summed E-state index contributed by atoms with van der Waals surface area (Å²) in [5.41, 5.74) is 19.6. The lowest BCUT2D eigenvalue weighted by Gasteiger charge is -2.22. The molecule has 0 unspecified atom stereocenters. The van der Waals surface area contributed by atoms with Crippen molar-refractivity contribution in [3.8, 4) is 22.4 Å². The first-order valence-electron chi connectivity index (χ1n) is 19.7. The zero-order valence-corrected chi connectivity index (χ0v) is 31.2. The van der Waals surface area contributed by atoms with E-state index in [1.165, 1.54) is 76.1 Å². The summed E-state index contributed by atoms with van der Waals surface area (Å²) in [6.45, 7) is 4.59. The molecular formula is C54H35N3. The molecule has 2 N–H and O–H groups in total. The van der Waals surface area contributed by atoms with Crippen LogP contribution in [-0.4, -0.2) is 9.97 Å². The van der Waals surface area contributed by atoms with E-state index >= 15 is 0 Å². The van der Waals surface area contributed by atoms with Gasteiger partial charge in [0.25, 0.3) is 0 Å². The Bertz CT molecular complexity index is 3540. The summed E-state index contributed by atoms with van der Waals surface area (Å²) >= 11 is 0. The number of hydrogen-bond donors (Lipinski definition) is 1. The predicted octanol–water partition coefficient (Wildman–Crippen LogP) is 13.6. The molecule has 3 heteroatoms. The normalized spacial score (nSPS) is 12.6. The molecule has 0 atom stereocenters. The molecule has 0 fully saturated rings. The highest BCUT2D eigenvalue weighted by atomic mass is 14.7. The van der Waals surface area contributed by atoms with Gasteiger partial charge < -0.3 is 5.73 Å². The van der Waals surface area contributed by atoms with Crippen molar-refractivity contribution in [3.05, 3.63) is 193 Å². The minimum atomic E-state index is 0.672. The molecule has 3 nitrogen and oxygen atoms in total. The van der Waals surface area contributed by atoms with Gasteiger partial charge in [-0.2, -0.15) is 0 Å². The number of nitrogens with zero attached hydrogens (tertiary/aromatic N) is 2. The van der Waals surface area contributed by atoms with Crippen molar-refractivity contribution in [3.63, 3.8) is 0 Å². The van der Waals surface area contributed by atoms with E-state index in [-0.39, 0.29) is 0 Å². The van der Waals surface area contributed by atoms with Gasteiger partial charge in [0.2, 0.25) is 0 Å². The van der Waals surface area contributed by atoms with E-state index in [1.54, 1.807) is 6.20 Å². The zero-order chi connectivity index (χ0) is 37.8. The van der Waals surface area contributed by atoms with Crippen LogP contribution >= 0.6 is 0 Å². The number of nitrogen functional groups attached to an aromatic ring is 1. The SMILES string of the molecule is C=C(c1ccc2cccnc2c1N)c1ccc2c3c1ccc1cc(-c4ccc(-c5nc6c7ccccc7c7ccccc7c6c6ccccc56)cc4)cc(c13)CC2. The molecule has 2 heterocycles. The molecule has 0 saturated heterocycles. The van der Waals surface area contributed by atoms with E-state index in [4.69, 9.17) is 10.7 Å². The van der Waals surface area contributed by atoms with Crippen LogP contribution in [0.1, 0.15) is 22.3 Å². The van der Waals surface area contributed by atoms with Gasteiger partial charge in [-0.1, -0.05) is 152 Å². The summed E-state index contributed by atoms with van der Waals surface area (Å²) < 4.78 is 0. The van der Waals surface area contributed by atoms with E-state index in [9.17, 15) is 0 Å². The van der Waals surface area contributed by atoms with Crippen molar-refractivity contribution in [2.24, 2.45) is 0 Å². The lowest BCUT2D eigenvalue weighted by molar-refractivity contribution is 0.968. The van der Waals surface area contributed by atoms with Crippen LogP contribution in [0.5, 0.6) is 0 Å². The molecule has 0 radical (unpaired) electrons. The third kappa shape index (κ3) is 4.66. The van der Waals surface area contributed by atoms with E-state index < -0.39 is 0 Å². The van der Waals surface area contributed by atoms with Gasteiger partial charge in [-0.25, -0.2) is 4.98 Å². The lowest BCUT2D eigenvalue weighted by atomic mass is 9.81. The number of fused-ring (bicyclic) bond motifs is 9. The number of benzene rings is 9. The van der Waals surface area contributed by atoms with E-state index in [1.807, 2.05) is 12.1 Å². The molecule has 0 aliphatic heterocycles. The maximum atomic E-state index is 6.73. The van der Waals surface area contributed by atoms with Gasteiger partial charge in [-0.3, -0.25) is 4.98 Å². The maximum absolute atomic E-state index is 6.73. The molecule has 0 amide bonds. The Morgan fingerprint density at radius 2 is 1.11 bits per heavy atom. The molecule has 9 aromatic carbocycles. The number of aryl methyl sites for hydroxylation is 2. The molecule has 1 aliphatic carbocycles. The smallest absolute Gasteiger partial charge is 0.0937 e. The Labute approximate surface area is 329 Å². The Kier molecular flexibility index (Phi) is 6.76. The number of rotatable bonds is 4. The summed E-state index contributed by atoms with van der Waals surface area (Å²) in [5.74, 6) is 0. The van der Waals surface area contributed by atoms with Crippen molar-refractivity contribution in [2.75, 3.05) is 5.73 Å². The van der Waals surface area contributed by atoms with Crippen LogP contribution < -0.4 is 5.73 Å². The van der Waals surface area contributed by atoms with Crippen LogP contribution in [0.25, 0.3) is 104 Å². The number of nitrogens with two attached hydrogens (primary N) is 1. The number of pyridine rings is 2. The number of hydrogen-bond acceptors (Lipinski definition) is 3. The number of anilines is 1. The zero-order valence-electron chi connectivity index (χ0n) is 31.2. The maximum Gasteiger partial charge on any atom is 0.0937 e. The summed E-state index contributed by atoms with van der Waals surface area (Å²) in [5, 5.41) is 14.7. The third-order valence-corrected chi connectivity index (χ3v) is 12.5. The Morgan fingerprint density at radius 1 is 0.456 bits per heavy atom. The average Bonchev–Trinajstić information content (AvgIpc) is 3.27. The molecule has 0 saturated carbocycles. The standard InChI is InChI=1S/C54H35N3/c1-31(40-26-23-34-9-8-28-56-53(34)51(40)55)39-25-22-33-18-21-36-29-38(30-37-24-27-45(39)49(33)48(36)37)32-16-19-35(20-17-32)52-47-15-7-5-13-44(47)50-43-12-4-2-10-41(43)42-11-3-6-14-46(42)54(50)57-52/h2-17,19-20,22-30H,1,18,21,55H2. The van der Waals surface area contributed by atoms with Gasteiger partial charge in [0.15, 0.2) is 0 Å². The van der Waals surface area contributed by atoms with Gasteiger partial charge in [0, 0.05) is 38.9 Å². The quantitative estimate of drug-likeness (QED) is 0.145. The lowest BCUT2D eigenvalue weighted by Crippen LogP contribution is -2.04. The topological polar surface area (TPSA) is 51.8 Å². The molecule has 1 aliphatic rings. The summed E-state index contributed by atoms with van der Waals surface area (Å²) in [6, 6.07) is 57.2. The fourth-order valence-corrected chi connectivity index (χ4v) is 9.78. The first-order chi connectivity index (χ1) is 28.1. The second kappa shape index (κ2) is 12.1. The second-order valence-electron chi connectivity index (χ2n) is 15.5. The van der Waals surface area contributed by atoms with Gasteiger partial charge in [0.1, 0.15) is 0 Å². The largest absolute Gasteiger partial charge is 0.396 e. The summed E-state index contributed by atoms with van der Waals surface area (Å²) in [7, 11) is 0. The minimum Gasteiger partial charge on any atom is -0.396 e. The number of aromatic nitrogens is 2. The molecule has 0 spiro atoms. The molecule has 57 heavy (non-hydrogen) atoms. The Balaban J connectivity index is 0.972. The van der Waals surface area contributed by atoms with Crippen molar-refractivity contribution in [1.82, 2.24) is 9.97 Å². The summed E-state index contributed by atoms with van der Waals surface area (Å²) in [4.78, 5) is 10.1. The van der Waals surface area contributed by atoms with Crippen LogP contribution in [0.2, 0.25) is 0 Å². The minimum absolute atomic E-state index is 0.672. The van der Waals surface area contributed by atoms with E-state index in [0.717, 1.165) is 62.6 Å². The van der Waals surface area contributed by atoms with E-state index in [2.05, 4.69) is 157 Å². The fourth-order valence-electron chi connectivity index (χ4n) is 9.78.